The molecule has 0 fully saturated rings. The molecule has 1 heterocycles. The minimum atomic E-state index is -0.661. The van der Waals surface area contributed by atoms with Crippen molar-refractivity contribution in [2.75, 3.05) is 0 Å². The van der Waals surface area contributed by atoms with Crippen LogP contribution in [0.4, 0.5) is 0 Å². The highest BCUT2D eigenvalue weighted by molar-refractivity contribution is 9.10. The normalized spacial score (nSPS) is 15.5. The molecule has 0 saturated heterocycles. The first kappa shape index (κ1) is 10.9. The molecule has 13 heavy (non-hydrogen) atoms. The van der Waals surface area contributed by atoms with Gasteiger partial charge in [-0.1, -0.05) is 11.6 Å². The Hall–Kier alpha value is -0.160. The van der Waals surface area contributed by atoms with Crippen molar-refractivity contribution in [3.63, 3.8) is 0 Å². The number of aliphatic hydroxyl groups excluding tert-OH is 1. The van der Waals surface area contributed by atoms with Crippen molar-refractivity contribution in [3.8, 4) is 0 Å². The number of pyridine rings is 1. The lowest BCUT2D eigenvalue weighted by Crippen LogP contribution is -2.24. The summed E-state index contributed by atoms with van der Waals surface area (Å²) in [6, 6.07) is 1.16. The van der Waals surface area contributed by atoms with E-state index in [2.05, 4.69) is 20.9 Å². The third-order valence-electron chi connectivity index (χ3n) is 1.67. The number of aromatic nitrogens is 1. The van der Waals surface area contributed by atoms with E-state index in [4.69, 9.17) is 17.3 Å². The van der Waals surface area contributed by atoms with Gasteiger partial charge in [-0.2, -0.15) is 0 Å². The van der Waals surface area contributed by atoms with Crippen LogP contribution in [-0.4, -0.2) is 16.2 Å². The number of rotatable bonds is 2. The molecule has 0 aliphatic carbocycles. The smallest absolute Gasteiger partial charge is 0.0783 e. The molecule has 3 N–H and O–H groups in total. The summed E-state index contributed by atoms with van der Waals surface area (Å²) in [5.41, 5.74) is 6.19. The molecular weight excluding hydrogens is 255 g/mol. The van der Waals surface area contributed by atoms with Gasteiger partial charge in [-0.3, -0.25) is 4.98 Å². The van der Waals surface area contributed by atoms with Crippen LogP contribution in [-0.2, 0) is 0 Å². The highest BCUT2D eigenvalue weighted by Crippen LogP contribution is 2.24. The van der Waals surface area contributed by atoms with Crippen LogP contribution in [0.15, 0.2) is 16.7 Å². The molecule has 0 bridgehead atoms. The van der Waals surface area contributed by atoms with Crippen molar-refractivity contribution in [3.05, 3.63) is 27.5 Å². The second kappa shape index (κ2) is 4.37. The van der Waals surface area contributed by atoms with Crippen LogP contribution < -0.4 is 5.73 Å². The topological polar surface area (TPSA) is 59.1 Å². The summed E-state index contributed by atoms with van der Waals surface area (Å²) in [6.45, 7) is 1.60. The standard InChI is InChI=1S/C8H10BrClN2O/c1-4(13)7(11)8-6(10)2-5(9)3-12-8/h2-4,7,13H,11H2,1H3/t4-,7+/m1/s1. The van der Waals surface area contributed by atoms with Gasteiger partial charge >= 0.3 is 0 Å². The zero-order valence-corrected chi connectivity index (χ0v) is 9.38. The molecule has 0 aromatic carbocycles. The van der Waals surface area contributed by atoms with E-state index < -0.39 is 12.1 Å². The van der Waals surface area contributed by atoms with Gasteiger partial charge in [0.25, 0.3) is 0 Å². The van der Waals surface area contributed by atoms with Crippen molar-refractivity contribution in [2.24, 2.45) is 5.73 Å². The van der Waals surface area contributed by atoms with E-state index in [1.807, 2.05) is 0 Å². The second-order valence-corrected chi connectivity index (χ2v) is 4.11. The number of aliphatic hydroxyl groups is 1. The minimum Gasteiger partial charge on any atom is -0.391 e. The summed E-state index contributed by atoms with van der Waals surface area (Å²) in [5.74, 6) is 0. The van der Waals surface area contributed by atoms with E-state index in [9.17, 15) is 5.11 Å². The monoisotopic (exact) mass is 264 g/mol. The van der Waals surface area contributed by atoms with E-state index in [-0.39, 0.29) is 0 Å². The van der Waals surface area contributed by atoms with E-state index in [1.54, 1.807) is 19.2 Å². The van der Waals surface area contributed by atoms with Crippen LogP contribution in [0.5, 0.6) is 0 Å². The van der Waals surface area contributed by atoms with Crippen LogP contribution in [0.2, 0.25) is 5.02 Å². The lowest BCUT2D eigenvalue weighted by Gasteiger charge is -2.15. The largest absolute Gasteiger partial charge is 0.391 e. The molecule has 1 rings (SSSR count). The number of nitrogens with two attached hydrogens (primary N) is 1. The SMILES string of the molecule is C[C@@H](O)[C@H](N)c1ncc(Br)cc1Cl. The zero-order chi connectivity index (χ0) is 10.0. The molecule has 0 saturated carbocycles. The molecule has 0 spiro atoms. The summed E-state index contributed by atoms with van der Waals surface area (Å²) in [6.07, 6.45) is 0.940. The second-order valence-electron chi connectivity index (χ2n) is 2.79. The van der Waals surface area contributed by atoms with E-state index in [0.717, 1.165) is 4.47 Å². The van der Waals surface area contributed by atoms with Gasteiger partial charge in [-0.05, 0) is 28.9 Å². The first-order valence-electron chi connectivity index (χ1n) is 3.77. The van der Waals surface area contributed by atoms with Gasteiger partial charge in [0.2, 0.25) is 0 Å². The maximum absolute atomic E-state index is 9.23. The zero-order valence-electron chi connectivity index (χ0n) is 7.04. The quantitative estimate of drug-likeness (QED) is 0.858. The Balaban J connectivity index is 3.01. The Morgan fingerprint density at radius 2 is 2.31 bits per heavy atom. The van der Waals surface area contributed by atoms with Crippen molar-refractivity contribution in [1.82, 2.24) is 4.98 Å². The number of hydrogen-bond donors (Lipinski definition) is 2. The van der Waals surface area contributed by atoms with E-state index >= 15 is 0 Å². The molecular formula is C8H10BrClN2O. The molecule has 5 heteroatoms. The van der Waals surface area contributed by atoms with Crippen LogP contribution in [0.3, 0.4) is 0 Å². The van der Waals surface area contributed by atoms with Gasteiger partial charge in [0, 0.05) is 10.7 Å². The van der Waals surface area contributed by atoms with Gasteiger partial charge < -0.3 is 10.8 Å². The lowest BCUT2D eigenvalue weighted by atomic mass is 10.1. The number of halogens is 2. The fourth-order valence-corrected chi connectivity index (χ4v) is 1.65. The summed E-state index contributed by atoms with van der Waals surface area (Å²) in [4.78, 5) is 4.04. The number of nitrogens with zero attached hydrogens (tertiary/aromatic N) is 1. The maximum Gasteiger partial charge on any atom is 0.0783 e. The first-order chi connectivity index (χ1) is 6.02. The Labute approximate surface area is 90.1 Å². The van der Waals surface area contributed by atoms with Crippen LogP contribution in [0, 0.1) is 0 Å². The summed E-state index contributed by atoms with van der Waals surface area (Å²) >= 11 is 9.12. The molecule has 1 aromatic rings. The van der Waals surface area contributed by atoms with Gasteiger partial charge in [0.15, 0.2) is 0 Å². The van der Waals surface area contributed by atoms with Crippen molar-refractivity contribution in [1.29, 1.82) is 0 Å². The van der Waals surface area contributed by atoms with Gasteiger partial charge in [0.1, 0.15) is 0 Å². The Kier molecular flexibility index (Phi) is 3.67. The summed E-state index contributed by atoms with van der Waals surface area (Å²) in [5, 5.41) is 9.69. The molecule has 2 atom stereocenters. The summed E-state index contributed by atoms with van der Waals surface area (Å²) in [7, 11) is 0. The van der Waals surface area contributed by atoms with Crippen LogP contribution >= 0.6 is 27.5 Å². The maximum atomic E-state index is 9.23. The lowest BCUT2D eigenvalue weighted by molar-refractivity contribution is 0.162. The molecule has 72 valence electrons. The number of hydrogen-bond acceptors (Lipinski definition) is 3. The third kappa shape index (κ3) is 2.64. The first-order valence-corrected chi connectivity index (χ1v) is 4.94. The molecule has 0 radical (unpaired) electrons. The van der Waals surface area contributed by atoms with Gasteiger partial charge in [0.05, 0.1) is 22.9 Å². The van der Waals surface area contributed by atoms with Crippen LogP contribution in [0.25, 0.3) is 0 Å². The Morgan fingerprint density at radius 3 is 2.77 bits per heavy atom. The Morgan fingerprint density at radius 1 is 1.69 bits per heavy atom. The average Bonchev–Trinajstić information content (AvgIpc) is 2.03. The molecule has 0 aliphatic heterocycles. The van der Waals surface area contributed by atoms with Crippen molar-refractivity contribution >= 4 is 27.5 Å². The fraction of sp³-hybridized carbons (Fsp3) is 0.375. The molecule has 1 aromatic heterocycles. The molecule has 0 unspecified atom stereocenters. The molecule has 0 aliphatic rings. The van der Waals surface area contributed by atoms with Gasteiger partial charge in [-0.15, -0.1) is 0 Å². The summed E-state index contributed by atoms with van der Waals surface area (Å²) < 4.78 is 0.791. The third-order valence-corrected chi connectivity index (χ3v) is 2.41. The van der Waals surface area contributed by atoms with Crippen LogP contribution in [0.1, 0.15) is 18.7 Å². The average molecular weight is 266 g/mol. The highest BCUT2D eigenvalue weighted by atomic mass is 79.9. The van der Waals surface area contributed by atoms with E-state index in [1.165, 1.54) is 0 Å². The predicted octanol–water partition coefficient (Wildman–Crippen LogP) is 1.88. The fourth-order valence-electron chi connectivity index (χ4n) is 0.899. The Bertz CT molecular complexity index is 306. The van der Waals surface area contributed by atoms with Gasteiger partial charge in [-0.25, -0.2) is 0 Å². The molecule has 0 amide bonds. The van der Waals surface area contributed by atoms with E-state index in [0.29, 0.717) is 10.7 Å². The van der Waals surface area contributed by atoms with Crippen molar-refractivity contribution < 1.29 is 5.11 Å². The van der Waals surface area contributed by atoms with Crippen molar-refractivity contribution in [2.45, 2.75) is 19.1 Å². The predicted molar refractivity (Wildman–Crippen MR) is 55.6 cm³/mol. The minimum absolute atomic E-state index is 0.461. The highest BCUT2D eigenvalue weighted by Gasteiger charge is 2.16. The molecule has 3 nitrogen and oxygen atoms in total.